The Bertz CT molecular complexity index is 1130. The Balaban J connectivity index is 1.68. The van der Waals surface area contributed by atoms with Gasteiger partial charge >= 0.3 is 0 Å². The number of amides is 2. The summed E-state index contributed by atoms with van der Waals surface area (Å²) in [5, 5.41) is 10.5. The molecule has 1 atom stereocenters. The highest BCUT2D eigenvalue weighted by Gasteiger charge is 2.34. The summed E-state index contributed by atoms with van der Waals surface area (Å²) >= 11 is 0. The highest BCUT2D eigenvalue weighted by atomic mass is 16.5. The number of carbonyl (C=O) groups is 2. The zero-order valence-corrected chi connectivity index (χ0v) is 17.4. The van der Waals surface area contributed by atoms with E-state index in [2.05, 4.69) is 10.6 Å². The van der Waals surface area contributed by atoms with Crippen molar-refractivity contribution < 1.29 is 14.3 Å². The van der Waals surface area contributed by atoms with Gasteiger partial charge in [0, 0.05) is 16.8 Å². The number of hydrogen-bond donors (Lipinski definition) is 2. The molecule has 0 spiro atoms. The summed E-state index contributed by atoms with van der Waals surface area (Å²) in [7, 11) is 1.62. The third-order valence-corrected chi connectivity index (χ3v) is 5.38. The number of nitrogens with one attached hydrogen (secondary N) is 2. The van der Waals surface area contributed by atoms with Crippen molar-refractivity contribution >= 4 is 23.3 Å². The summed E-state index contributed by atoms with van der Waals surface area (Å²) in [4.78, 5) is 25.4. The van der Waals surface area contributed by atoms with Crippen molar-refractivity contribution in [3.05, 3.63) is 59.2 Å². The quantitative estimate of drug-likeness (QED) is 0.688. The normalized spacial score (nSPS) is 15.3. The van der Waals surface area contributed by atoms with Gasteiger partial charge in [-0.3, -0.25) is 9.59 Å². The Hall–Kier alpha value is -3.61. The van der Waals surface area contributed by atoms with Crippen LogP contribution in [0.25, 0.3) is 11.3 Å². The monoisotopic (exact) mass is 404 g/mol. The first-order valence-corrected chi connectivity index (χ1v) is 9.79. The van der Waals surface area contributed by atoms with Crippen LogP contribution in [-0.4, -0.2) is 28.7 Å². The number of rotatable bonds is 4. The molecular formula is C23H24N4O3. The van der Waals surface area contributed by atoms with Crippen molar-refractivity contribution in [2.24, 2.45) is 0 Å². The number of ether oxygens (including phenoxy) is 1. The molecule has 1 aliphatic rings. The average Bonchev–Trinajstić information content (AvgIpc) is 3.06. The fraction of sp³-hybridized carbons (Fsp3) is 0.261. The van der Waals surface area contributed by atoms with Gasteiger partial charge < -0.3 is 15.4 Å². The largest absolute Gasteiger partial charge is 0.497 e. The van der Waals surface area contributed by atoms with Crippen LogP contribution in [0.5, 0.6) is 5.75 Å². The maximum absolute atomic E-state index is 13.1. The molecular weight excluding hydrogens is 380 g/mol. The minimum absolute atomic E-state index is 0.0346. The molecule has 2 heterocycles. The first kappa shape index (κ1) is 19.7. The van der Waals surface area contributed by atoms with Gasteiger partial charge in [0.2, 0.25) is 11.8 Å². The molecule has 2 amide bonds. The smallest absolute Gasteiger partial charge is 0.249 e. The summed E-state index contributed by atoms with van der Waals surface area (Å²) in [6, 6.07) is 12.6. The summed E-state index contributed by atoms with van der Waals surface area (Å²) in [5.41, 5.74) is 5.25. The fourth-order valence-corrected chi connectivity index (χ4v) is 3.74. The third-order valence-electron chi connectivity index (χ3n) is 5.38. The van der Waals surface area contributed by atoms with Crippen molar-refractivity contribution in [3.8, 4) is 17.0 Å². The van der Waals surface area contributed by atoms with Gasteiger partial charge in [-0.25, -0.2) is 4.68 Å². The van der Waals surface area contributed by atoms with Crippen LogP contribution in [0.4, 0.5) is 11.5 Å². The maximum Gasteiger partial charge on any atom is 0.249 e. The van der Waals surface area contributed by atoms with Gasteiger partial charge in [-0.15, -0.1) is 0 Å². The molecule has 30 heavy (non-hydrogen) atoms. The molecule has 0 saturated carbocycles. The molecule has 7 heteroatoms. The third kappa shape index (κ3) is 3.54. The average molecular weight is 404 g/mol. The van der Waals surface area contributed by atoms with Gasteiger partial charge in [-0.05, 0) is 56.7 Å². The number of fused-ring (bicyclic) bond motifs is 1. The standard InChI is InChI=1S/C23H24N4O3/c1-13-5-10-18(14(2)11-13)24-23(29)19-12-20(28)25-22-15(3)21(26-27(19)22)16-6-8-17(30-4)9-7-16/h5-11,19H,12H2,1-4H3,(H,24,29)(H,25,28)/t19-/m0/s1. The summed E-state index contributed by atoms with van der Waals surface area (Å²) in [6.07, 6.45) is 0.0346. The van der Waals surface area contributed by atoms with E-state index < -0.39 is 6.04 Å². The molecule has 0 radical (unpaired) electrons. The highest BCUT2D eigenvalue weighted by Crippen LogP contribution is 2.35. The molecule has 0 aliphatic carbocycles. The van der Waals surface area contributed by atoms with E-state index in [1.165, 1.54) is 0 Å². The van der Waals surface area contributed by atoms with E-state index in [1.54, 1.807) is 11.8 Å². The van der Waals surface area contributed by atoms with Crippen molar-refractivity contribution in [3.63, 3.8) is 0 Å². The van der Waals surface area contributed by atoms with E-state index in [0.29, 0.717) is 5.82 Å². The lowest BCUT2D eigenvalue weighted by atomic mass is 10.1. The SMILES string of the molecule is COc1ccc(-c2nn3c(c2C)NC(=O)C[C@H]3C(=O)Nc2ccc(C)cc2C)cc1. The molecule has 3 aromatic rings. The van der Waals surface area contributed by atoms with E-state index in [4.69, 9.17) is 9.84 Å². The molecule has 4 rings (SSSR count). The minimum atomic E-state index is -0.722. The van der Waals surface area contributed by atoms with Crippen LogP contribution in [0.3, 0.4) is 0 Å². The number of aromatic nitrogens is 2. The molecule has 7 nitrogen and oxygen atoms in total. The molecule has 0 fully saturated rings. The first-order chi connectivity index (χ1) is 14.4. The molecule has 154 valence electrons. The van der Waals surface area contributed by atoms with Crippen LogP contribution in [0.2, 0.25) is 0 Å². The molecule has 0 bridgehead atoms. The summed E-state index contributed by atoms with van der Waals surface area (Å²) in [6.45, 7) is 5.84. The van der Waals surface area contributed by atoms with Crippen LogP contribution >= 0.6 is 0 Å². The van der Waals surface area contributed by atoms with Crippen molar-refractivity contribution in [2.45, 2.75) is 33.2 Å². The van der Waals surface area contributed by atoms with Gasteiger partial charge in [0.05, 0.1) is 19.2 Å². The number of aryl methyl sites for hydroxylation is 2. The maximum atomic E-state index is 13.1. The lowest BCUT2D eigenvalue weighted by Crippen LogP contribution is -2.36. The topological polar surface area (TPSA) is 85.2 Å². The lowest BCUT2D eigenvalue weighted by Gasteiger charge is -2.24. The van der Waals surface area contributed by atoms with Gasteiger partial charge in [-0.1, -0.05) is 17.7 Å². The zero-order valence-electron chi connectivity index (χ0n) is 17.4. The molecule has 2 N–H and O–H groups in total. The van der Waals surface area contributed by atoms with E-state index in [9.17, 15) is 9.59 Å². The first-order valence-electron chi connectivity index (χ1n) is 9.79. The Morgan fingerprint density at radius 1 is 1.17 bits per heavy atom. The van der Waals surface area contributed by atoms with Crippen LogP contribution in [0.1, 0.15) is 29.2 Å². The van der Waals surface area contributed by atoms with Gasteiger partial charge in [-0.2, -0.15) is 5.10 Å². The number of nitrogens with zero attached hydrogens (tertiary/aromatic N) is 2. The Morgan fingerprint density at radius 3 is 2.57 bits per heavy atom. The molecule has 1 aliphatic heterocycles. The Labute approximate surface area is 175 Å². The molecule has 0 saturated heterocycles. The number of carbonyl (C=O) groups excluding carboxylic acids is 2. The molecule has 1 aromatic heterocycles. The molecule has 0 unspecified atom stereocenters. The van der Waals surface area contributed by atoms with E-state index in [0.717, 1.165) is 39.4 Å². The Kier molecular flexibility index (Phi) is 5.03. The predicted octanol–water partition coefficient (Wildman–Crippen LogP) is 4.01. The van der Waals surface area contributed by atoms with Gasteiger partial charge in [0.15, 0.2) is 0 Å². The minimum Gasteiger partial charge on any atom is -0.497 e. The Morgan fingerprint density at radius 2 is 1.90 bits per heavy atom. The number of hydrogen-bond acceptors (Lipinski definition) is 4. The zero-order chi connectivity index (χ0) is 21.4. The van der Waals surface area contributed by atoms with Crippen LogP contribution < -0.4 is 15.4 Å². The molecule has 2 aromatic carbocycles. The second-order valence-corrected chi connectivity index (χ2v) is 7.57. The van der Waals surface area contributed by atoms with Gasteiger partial charge in [0.1, 0.15) is 17.6 Å². The van der Waals surface area contributed by atoms with Crippen LogP contribution in [0.15, 0.2) is 42.5 Å². The predicted molar refractivity (Wildman–Crippen MR) is 116 cm³/mol. The van der Waals surface area contributed by atoms with E-state index >= 15 is 0 Å². The second-order valence-electron chi connectivity index (χ2n) is 7.57. The van der Waals surface area contributed by atoms with Crippen LogP contribution in [0, 0.1) is 20.8 Å². The lowest BCUT2D eigenvalue weighted by molar-refractivity contribution is -0.125. The van der Waals surface area contributed by atoms with Crippen LogP contribution in [-0.2, 0) is 9.59 Å². The van der Waals surface area contributed by atoms with E-state index in [1.807, 2.05) is 63.2 Å². The van der Waals surface area contributed by atoms with Crippen molar-refractivity contribution in [1.29, 1.82) is 0 Å². The number of methoxy groups -OCH3 is 1. The summed E-state index contributed by atoms with van der Waals surface area (Å²) < 4.78 is 6.84. The number of benzene rings is 2. The van der Waals surface area contributed by atoms with Crippen molar-refractivity contribution in [1.82, 2.24) is 9.78 Å². The summed E-state index contributed by atoms with van der Waals surface area (Å²) in [5.74, 6) is 0.839. The van der Waals surface area contributed by atoms with E-state index in [-0.39, 0.29) is 18.2 Å². The van der Waals surface area contributed by atoms with Crippen molar-refractivity contribution in [2.75, 3.05) is 17.7 Å². The van der Waals surface area contributed by atoms with Gasteiger partial charge in [0.25, 0.3) is 0 Å². The number of anilines is 2. The second kappa shape index (κ2) is 7.67. The fourth-order valence-electron chi connectivity index (χ4n) is 3.74. The highest BCUT2D eigenvalue weighted by molar-refractivity contribution is 6.02.